The molecular weight excluding hydrogens is 322 g/mol. The number of aromatic nitrogens is 2. The predicted octanol–water partition coefficient (Wildman–Crippen LogP) is 1.36. The van der Waals surface area contributed by atoms with Gasteiger partial charge in [-0.2, -0.15) is 4.98 Å². The lowest BCUT2D eigenvalue weighted by Gasteiger charge is -2.21. The lowest BCUT2D eigenvalue weighted by atomic mass is 10.2. The first-order chi connectivity index (χ1) is 12.1. The summed E-state index contributed by atoms with van der Waals surface area (Å²) in [6.45, 7) is 8.41. The zero-order valence-electron chi connectivity index (χ0n) is 14.8. The van der Waals surface area contributed by atoms with Crippen LogP contribution in [0.3, 0.4) is 0 Å². The summed E-state index contributed by atoms with van der Waals surface area (Å²) in [6, 6.07) is 3.58. The maximum atomic E-state index is 12.3. The molecule has 25 heavy (non-hydrogen) atoms. The minimum absolute atomic E-state index is 0.0196. The molecule has 2 aromatic rings. The van der Waals surface area contributed by atoms with Crippen molar-refractivity contribution in [2.75, 3.05) is 32.7 Å². The van der Waals surface area contributed by atoms with Crippen molar-refractivity contribution in [1.29, 1.82) is 0 Å². The molecule has 3 heterocycles. The van der Waals surface area contributed by atoms with Crippen molar-refractivity contribution in [3.63, 3.8) is 0 Å². The van der Waals surface area contributed by atoms with E-state index in [0.29, 0.717) is 19.0 Å². The third-order valence-corrected chi connectivity index (χ3v) is 4.33. The quantitative estimate of drug-likeness (QED) is 0.844. The van der Waals surface area contributed by atoms with Crippen LogP contribution < -0.4 is 5.32 Å². The van der Waals surface area contributed by atoms with Crippen molar-refractivity contribution >= 4 is 5.91 Å². The fourth-order valence-corrected chi connectivity index (χ4v) is 3.05. The second-order valence-corrected chi connectivity index (χ2v) is 6.44. The van der Waals surface area contributed by atoms with E-state index >= 15 is 0 Å². The zero-order chi connectivity index (χ0) is 17.6. The molecule has 3 rings (SSSR count). The highest BCUT2D eigenvalue weighted by Crippen LogP contribution is 2.12. The van der Waals surface area contributed by atoms with E-state index in [4.69, 9.17) is 8.94 Å². The van der Waals surface area contributed by atoms with Crippen molar-refractivity contribution in [2.24, 2.45) is 0 Å². The lowest BCUT2D eigenvalue weighted by molar-refractivity contribution is -0.123. The Hall–Kier alpha value is -2.19. The zero-order valence-corrected chi connectivity index (χ0v) is 14.8. The van der Waals surface area contributed by atoms with Crippen molar-refractivity contribution in [3.8, 4) is 0 Å². The third-order valence-electron chi connectivity index (χ3n) is 4.33. The highest BCUT2D eigenvalue weighted by atomic mass is 16.5. The summed E-state index contributed by atoms with van der Waals surface area (Å²) in [5, 5.41) is 6.93. The number of nitrogens with zero attached hydrogens (tertiary/aromatic N) is 4. The van der Waals surface area contributed by atoms with Crippen LogP contribution in [0.1, 0.15) is 36.9 Å². The number of aryl methyl sites for hydroxylation is 1. The molecule has 1 saturated heterocycles. The largest absolute Gasteiger partial charge is 0.467 e. The summed E-state index contributed by atoms with van der Waals surface area (Å²) in [7, 11) is 0. The van der Waals surface area contributed by atoms with Crippen LogP contribution in [-0.4, -0.2) is 58.6 Å². The molecule has 2 aromatic heterocycles. The lowest BCUT2D eigenvalue weighted by Crippen LogP contribution is -2.40. The van der Waals surface area contributed by atoms with Gasteiger partial charge in [0.2, 0.25) is 11.8 Å². The Morgan fingerprint density at radius 3 is 2.84 bits per heavy atom. The van der Waals surface area contributed by atoms with Gasteiger partial charge in [-0.05, 0) is 38.6 Å². The standard InChI is InChI=1S/C17H25N5O3/c1-13(15-5-3-10-24-15)18-17(23)12-22-7-4-6-21(8-9-22)11-16-19-14(2)25-20-16/h3,5,10,13H,4,6-9,11-12H2,1-2H3,(H,18,23)/t13-/m1/s1. The molecule has 136 valence electrons. The molecule has 1 N–H and O–H groups in total. The van der Waals surface area contributed by atoms with Crippen LogP contribution in [0.25, 0.3) is 0 Å². The Morgan fingerprint density at radius 2 is 2.12 bits per heavy atom. The van der Waals surface area contributed by atoms with Gasteiger partial charge < -0.3 is 14.3 Å². The molecule has 0 unspecified atom stereocenters. The first-order valence-electron chi connectivity index (χ1n) is 8.67. The summed E-state index contributed by atoms with van der Waals surface area (Å²) >= 11 is 0. The molecule has 0 bridgehead atoms. The van der Waals surface area contributed by atoms with Crippen molar-refractivity contribution in [1.82, 2.24) is 25.3 Å². The van der Waals surface area contributed by atoms with Crippen LogP contribution in [0.5, 0.6) is 0 Å². The number of carbonyl (C=O) groups excluding carboxylic acids is 1. The van der Waals surface area contributed by atoms with E-state index in [0.717, 1.165) is 44.2 Å². The van der Waals surface area contributed by atoms with Crippen LogP contribution in [0.15, 0.2) is 27.3 Å². The van der Waals surface area contributed by atoms with E-state index in [1.165, 1.54) is 0 Å². The minimum atomic E-state index is -0.118. The maximum absolute atomic E-state index is 12.3. The highest BCUT2D eigenvalue weighted by Gasteiger charge is 2.20. The molecule has 1 fully saturated rings. The fourth-order valence-electron chi connectivity index (χ4n) is 3.05. The smallest absolute Gasteiger partial charge is 0.234 e. The Morgan fingerprint density at radius 1 is 1.32 bits per heavy atom. The molecule has 1 amide bonds. The summed E-state index contributed by atoms with van der Waals surface area (Å²) in [6.07, 6.45) is 2.63. The molecule has 0 radical (unpaired) electrons. The van der Waals surface area contributed by atoms with Gasteiger partial charge in [-0.15, -0.1) is 0 Å². The second kappa shape index (κ2) is 8.26. The van der Waals surface area contributed by atoms with Gasteiger partial charge in [-0.3, -0.25) is 14.6 Å². The fraction of sp³-hybridized carbons (Fsp3) is 0.588. The molecule has 8 heteroatoms. The molecule has 0 spiro atoms. The predicted molar refractivity (Wildman–Crippen MR) is 90.6 cm³/mol. The molecule has 1 aliphatic heterocycles. The van der Waals surface area contributed by atoms with Crippen molar-refractivity contribution in [3.05, 3.63) is 35.9 Å². The molecule has 0 aliphatic carbocycles. The number of carbonyl (C=O) groups is 1. The van der Waals surface area contributed by atoms with Gasteiger partial charge in [0.25, 0.3) is 0 Å². The van der Waals surface area contributed by atoms with Gasteiger partial charge >= 0.3 is 0 Å². The van der Waals surface area contributed by atoms with Gasteiger partial charge in [-0.1, -0.05) is 5.16 Å². The number of nitrogens with one attached hydrogen (secondary N) is 1. The van der Waals surface area contributed by atoms with Crippen molar-refractivity contribution in [2.45, 2.75) is 32.9 Å². The number of hydrogen-bond acceptors (Lipinski definition) is 7. The van der Waals surface area contributed by atoms with Gasteiger partial charge in [-0.25, -0.2) is 0 Å². The third kappa shape index (κ3) is 5.14. The average molecular weight is 347 g/mol. The average Bonchev–Trinajstić information content (AvgIpc) is 3.19. The van der Waals surface area contributed by atoms with Gasteiger partial charge in [0, 0.05) is 20.0 Å². The second-order valence-electron chi connectivity index (χ2n) is 6.44. The van der Waals surface area contributed by atoms with Gasteiger partial charge in [0.05, 0.1) is 25.4 Å². The van der Waals surface area contributed by atoms with Crippen LogP contribution in [0.4, 0.5) is 0 Å². The Labute approximate surface area is 147 Å². The van der Waals surface area contributed by atoms with E-state index < -0.39 is 0 Å². The number of rotatable bonds is 6. The van der Waals surface area contributed by atoms with Crippen LogP contribution in [0.2, 0.25) is 0 Å². The number of furan rings is 1. The molecule has 1 aliphatic rings. The monoisotopic (exact) mass is 347 g/mol. The minimum Gasteiger partial charge on any atom is -0.467 e. The summed E-state index contributed by atoms with van der Waals surface area (Å²) in [5.41, 5.74) is 0. The topological polar surface area (TPSA) is 87.6 Å². The summed E-state index contributed by atoms with van der Waals surface area (Å²) < 4.78 is 10.3. The van der Waals surface area contributed by atoms with Crippen molar-refractivity contribution < 1.29 is 13.7 Å². The Kier molecular flexibility index (Phi) is 5.83. The van der Waals surface area contributed by atoms with Crippen LogP contribution in [0, 0.1) is 6.92 Å². The van der Waals surface area contributed by atoms with E-state index in [1.54, 1.807) is 13.2 Å². The first-order valence-corrected chi connectivity index (χ1v) is 8.67. The highest BCUT2D eigenvalue weighted by molar-refractivity contribution is 5.78. The molecular formula is C17H25N5O3. The maximum Gasteiger partial charge on any atom is 0.234 e. The Balaban J connectivity index is 1.44. The first kappa shape index (κ1) is 17.6. The normalized spacial score (nSPS) is 18.0. The summed E-state index contributed by atoms with van der Waals surface area (Å²) in [4.78, 5) is 21.0. The van der Waals surface area contributed by atoms with Crippen LogP contribution >= 0.6 is 0 Å². The SMILES string of the molecule is Cc1nc(CN2CCCN(CC(=O)N[C@H](C)c3ccco3)CC2)no1. The molecule has 1 atom stereocenters. The van der Waals surface area contributed by atoms with E-state index in [9.17, 15) is 4.79 Å². The number of amides is 1. The van der Waals surface area contributed by atoms with E-state index in [2.05, 4.69) is 25.3 Å². The summed E-state index contributed by atoms with van der Waals surface area (Å²) in [5.74, 6) is 2.10. The Bertz CT molecular complexity index is 670. The number of hydrogen-bond donors (Lipinski definition) is 1. The van der Waals surface area contributed by atoms with E-state index in [1.807, 2.05) is 19.1 Å². The van der Waals surface area contributed by atoms with Gasteiger partial charge in [0.1, 0.15) is 5.76 Å². The molecule has 0 saturated carbocycles. The molecule has 8 nitrogen and oxygen atoms in total. The van der Waals surface area contributed by atoms with Crippen LogP contribution in [-0.2, 0) is 11.3 Å². The van der Waals surface area contributed by atoms with E-state index in [-0.39, 0.29) is 11.9 Å². The molecule has 0 aromatic carbocycles. The van der Waals surface area contributed by atoms with Gasteiger partial charge in [0.15, 0.2) is 5.82 Å².